The van der Waals surface area contributed by atoms with Crippen LogP contribution in [-0.2, 0) is 32.9 Å². The van der Waals surface area contributed by atoms with Crippen LogP contribution in [0.15, 0.2) is 54.6 Å². The van der Waals surface area contributed by atoms with Crippen LogP contribution in [0.2, 0.25) is 0 Å². The second-order valence-electron chi connectivity index (χ2n) is 19.6. The van der Waals surface area contributed by atoms with Gasteiger partial charge in [-0.25, -0.2) is 9.06 Å². The number of fused-ring (bicyclic) bond motifs is 2. The Bertz CT molecular complexity index is 2450. The standard InChI is InChI=1S/C48H59F7N5O8PS/c1-5-19-66-45(64)28(2)58(4)69(65,67-27-47(50,51)52)41(49)30-11-16-39-31(20-30)21-40(70-39)42(61)56-37-14-12-33(57(3)35-23-36(24-35)68-48(53,54)55)22-34-13-15-38(60(34)43(37)62)44(63)59-26-32(25-46(59)17-18-46)29-9-7-6-8-10-29/h6-11,16,20-21,28,32-38,41H,5,12-15,17-19,22-27H2,1-4H3,(H,56,61)/t28-,32+,33-,34+,35?,36?,37-,38-,41+,69?/m0/s1. The van der Waals surface area contributed by atoms with E-state index >= 15 is 4.39 Å². The lowest BCUT2D eigenvalue weighted by molar-refractivity contribution is -0.354. The molecule has 8 rings (SSSR count). The van der Waals surface area contributed by atoms with Crippen LogP contribution < -0.4 is 5.32 Å². The average Bonchev–Trinajstić information content (AvgIpc) is 3.58. The maximum atomic E-state index is 16.5. The second-order valence-corrected chi connectivity index (χ2v) is 23.1. The van der Waals surface area contributed by atoms with Gasteiger partial charge in [0.15, 0.2) is 6.61 Å². The topological polar surface area (TPSA) is 138 Å². The number of esters is 1. The molecular formula is C48H59F7N5O8PS. The SMILES string of the molecule is CCCOC(=O)[C@H](C)N(C)P(=O)(OCC(F)(F)F)[C@@H](F)c1ccc2sc(C(=O)N[C@H]3CC[C@H](N(C)C4CC(OC(F)(F)F)C4)C[C@H]4CC[C@@H](C(=O)N5C[C@H](c6ccccc6)CC56CC6)N4C3=O)cc2c1. The van der Waals surface area contributed by atoms with Gasteiger partial charge in [0.05, 0.1) is 17.6 Å². The van der Waals surface area contributed by atoms with E-state index in [2.05, 4.69) is 22.2 Å². The van der Waals surface area contributed by atoms with Crippen molar-refractivity contribution >= 4 is 52.6 Å². The minimum Gasteiger partial charge on any atom is -0.465 e. The molecule has 13 nitrogen and oxygen atoms in total. The molecule has 2 aromatic carbocycles. The molecule has 70 heavy (non-hydrogen) atoms. The van der Waals surface area contributed by atoms with Crippen molar-refractivity contribution in [1.82, 2.24) is 24.7 Å². The smallest absolute Gasteiger partial charge is 0.465 e. The van der Waals surface area contributed by atoms with Crippen LogP contribution in [0, 0.1) is 0 Å². The summed E-state index contributed by atoms with van der Waals surface area (Å²) in [7, 11) is -2.26. The molecule has 1 N–H and O–H groups in total. The molecule has 0 radical (unpaired) electrons. The number of likely N-dealkylation sites (tertiary alicyclic amines) is 1. The maximum absolute atomic E-state index is 16.5. The number of alkyl halides is 7. The molecule has 3 aliphatic heterocycles. The van der Waals surface area contributed by atoms with Gasteiger partial charge >= 0.3 is 26.0 Å². The van der Waals surface area contributed by atoms with Crippen molar-refractivity contribution in [3.63, 3.8) is 0 Å². The Morgan fingerprint density at radius 3 is 2.33 bits per heavy atom. The van der Waals surface area contributed by atoms with Crippen LogP contribution in [-0.4, -0.2) is 137 Å². The number of carbonyl (C=O) groups is 4. The Morgan fingerprint density at radius 2 is 1.67 bits per heavy atom. The number of rotatable bonds is 16. The summed E-state index contributed by atoms with van der Waals surface area (Å²) < 4.78 is 125. The molecule has 0 bridgehead atoms. The van der Waals surface area contributed by atoms with Crippen molar-refractivity contribution < 1.29 is 68.5 Å². The number of nitrogens with zero attached hydrogens (tertiary/aromatic N) is 4. The van der Waals surface area contributed by atoms with Gasteiger partial charge < -0.3 is 29.3 Å². The van der Waals surface area contributed by atoms with Gasteiger partial charge in [0.25, 0.3) is 5.91 Å². The van der Waals surface area contributed by atoms with Gasteiger partial charge in [-0.2, -0.15) is 13.2 Å². The van der Waals surface area contributed by atoms with E-state index in [0.717, 1.165) is 43.2 Å². The van der Waals surface area contributed by atoms with E-state index < -0.39 is 80.6 Å². The molecule has 8 atom stereocenters. The lowest BCUT2D eigenvalue weighted by atomic mass is 9.85. The van der Waals surface area contributed by atoms with Crippen molar-refractivity contribution in [2.45, 2.75) is 157 Å². The number of nitrogens with one attached hydrogen (secondary N) is 1. The molecule has 2 aliphatic carbocycles. The van der Waals surface area contributed by atoms with Gasteiger partial charge in [0.2, 0.25) is 17.7 Å². The van der Waals surface area contributed by atoms with Crippen LogP contribution in [0.3, 0.4) is 0 Å². The first-order valence-electron chi connectivity index (χ1n) is 23.8. The van der Waals surface area contributed by atoms with E-state index in [1.165, 1.54) is 31.2 Å². The molecule has 3 saturated heterocycles. The number of amides is 3. The molecule has 3 amide bonds. The molecule has 5 fully saturated rings. The van der Waals surface area contributed by atoms with E-state index in [1.807, 2.05) is 35.0 Å². The molecule has 1 unspecified atom stereocenters. The number of hydrogen-bond acceptors (Lipinski definition) is 10. The van der Waals surface area contributed by atoms with Crippen molar-refractivity contribution in [3.8, 4) is 0 Å². The first kappa shape index (κ1) is 52.2. The Hall–Kier alpha value is -4.14. The molecule has 22 heteroatoms. The summed E-state index contributed by atoms with van der Waals surface area (Å²) in [4.78, 5) is 62.4. The van der Waals surface area contributed by atoms with Crippen LogP contribution in [0.1, 0.15) is 117 Å². The quantitative estimate of drug-likeness (QED) is 0.0839. The van der Waals surface area contributed by atoms with E-state index in [0.29, 0.717) is 48.0 Å². The Morgan fingerprint density at radius 1 is 0.957 bits per heavy atom. The summed E-state index contributed by atoms with van der Waals surface area (Å²) in [5.74, 6) is -4.69. The van der Waals surface area contributed by atoms with Gasteiger partial charge in [-0.1, -0.05) is 43.3 Å². The van der Waals surface area contributed by atoms with Crippen LogP contribution >= 0.6 is 18.9 Å². The average molecular weight is 1030 g/mol. The highest BCUT2D eigenvalue weighted by atomic mass is 32.1. The molecule has 5 aliphatic rings. The first-order chi connectivity index (χ1) is 33.0. The van der Waals surface area contributed by atoms with Crippen molar-refractivity contribution in [3.05, 3.63) is 70.6 Å². The third kappa shape index (κ3) is 11.1. The largest absolute Gasteiger partial charge is 0.522 e. The molecule has 2 saturated carbocycles. The zero-order chi connectivity index (χ0) is 50.5. The fraction of sp³-hybridized carbons (Fsp3) is 0.625. The highest BCUT2D eigenvalue weighted by Crippen LogP contribution is 2.64. The van der Waals surface area contributed by atoms with Gasteiger partial charge in [-0.15, -0.1) is 24.5 Å². The first-order valence-corrected chi connectivity index (χ1v) is 26.3. The van der Waals surface area contributed by atoms with Gasteiger partial charge in [0, 0.05) is 40.8 Å². The number of likely N-dealkylation sites (N-methyl/N-ethyl adjacent to an activating group) is 1. The number of carbonyl (C=O) groups excluding carboxylic acids is 4. The predicted molar refractivity (Wildman–Crippen MR) is 246 cm³/mol. The van der Waals surface area contributed by atoms with Gasteiger partial charge in [-0.05, 0) is 126 Å². The molecule has 3 aromatic rings. The third-order valence-corrected chi connectivity index (χ3v) is 18.7. The van der Waals surface area contributed by atoms with Crippen LogP contribution in [0.5, 0.6) is 0 Å². The summed E-state index contributed by atoms with van der Waals surface area (Å²) in [6.07, 6.45) is -5.48. The monoisotopic (exact) mass is 1030 g/mol. The normalized spacial score (nSPS) is 27.4. The highest BCUT2D eigenvalue weighted by Gasteiger charge is 2.59. The summed E-state index contributed by atoms with van der Waals surface area (Å²) in [6, 6.07) is 11.1. The minimum atomic E-state index is -5.12. The zero-order valence-electron chi connectivity index (χ0n) is 39.3. The maximum Gasteiger partial charge on any atom is 0.522 e. The Balaban J connectivity index is 1.03. The molecule has 1 spiro atoms. The van der Waals surface area contributed by atoms with E-state index in [1.54, 1.807) is 11.8 Å². The molecule has 384 valence electrons. The fourth-order valence-electron chi connectivity index (χ4n) is 10.8. The number of ether oxygens (including phenoxy) is 2. The summed E-state index contributed by atoms with van der Waals surface area (Å²) in [5.41, 5.74) is 0.515. The van der Waals surface area contributed by atoms with Gasteiger partial charge in [-0.3, -0.25) is 28.5 Å². The Labute approximate surface area is 405 Å². The summed E-state index contributed by atoms with van der Waals surface area (Å²) >= 11 is 0.998. The predicted octanol–water partition coefficient (Wildman–Crippen LogP) is 9.47. The lowest BCUT2D eigenvalue weighted by Crippen LogP contribution is -2.60. The third-order valence-electron chi connectivity index (χ3n) is 15.0. The number of thiophene rings is 1. The fourth-order valence-corrected chi connectivity index (χ4v) is 13.8. The van der Waals surface area contributed by atoms with E-state index in [-0.39, 0.29) is 71.1 Å². The van der Waals surface area contributed by atoms with Crippen molar-refractivity contribution in [2.24, 2.45) is 0 Å². The Kier molecular flexibility index (Phi) is 15.2. The summed E-state index contributed by atoms with van der Waals surface area (Å²) in [5, 5.41) is 3.17. The number of benzene rings is 2. The van der Waals surface area contributed by atoms with Crippen LogP contribution in [0.25, 0.3) is 10.1 Å². The number of hydrogen-bond donors (Lipinski definition) is 1. The number of halogens is 7. The minimum absolute atomic E-state index is 0.0244. The van der Waals surface area contributed by atoms with Gasteiger partial charge in [0.1, 0.15) is 18.1 Å². The molecular weight excluding hydrogens is 971 g/mol. The molecule has 1 aromatic heterocycles. The second kappa shape index (κ2) is 20.4. The van der Waals surface area contributed by atoms with Crippen molar-refractivity contribution in [1.29, 1.82) is 0 Å². The van der Waals surface area contributed by atoms with E-state index in [4.69, 9.17) is 9.26 Å². The van der Waals surface area contributed by atoms with Crippen molar-refractivity contribution in [2.75, 3.05) is 33.9 Å². The lowest BCUT2D eigenvalue weighted by Gasteiger charge is -2.47. The highest BCUT2D eigenvalue weighted by molar-refractivity contribution is 7.56. The van der Waals surface area contributed by atoms with E-state index in [9.17, 15) is 50.1 Å². The molecule has 4 heterocycles. The van der Waals surface area contributed by atoms with Crippen LogP contribution in [0.4, 0.5) is 30.7 Å². The zero-order valence-corrected chi connectivity index (χ0v) is 41.1. The summed E-state index contributed by atoms with van der Waals surface area (Å²) in [6.45, 7) is 1.35.